The number of benzene rings is 1. The Labute approximate surface area is 180 Å². The van der Waals surface area contributed by atoms with Crippen LogP contribution in [0.2, 0.25) is 0 Å². The minimum atomic E-state index is -3.68. The molecular weight excluding hydrogens is 420 g/mol. The highest BCUT2D eigenvalue weighted by atomic mass is 32.2. The number of anilines is 1. The third-order valence-electron chi connectivity index (χ3n) is 5.21. The summed E-state index contributed by atoms with van der Waals surface area (Å²) in [6.07, 6.45) is 3.35. The third-order valence-corrected chi connectivity index (χ3v) is 7.10. The lowest BCUT2D eigenvalue weighted by Gasteiger charge is -2.26. The van der Waals surface area contributed by atoms with Gasteiger partial charge >= 0.3 is 0 Å². The van der Waals surface area contributed by atoms with Crippen LogP contribution in [0.3, 0.4) is 0 Å². The Morgan fingerprint density at radius 3 is 2.61 bits per heavy atom. The lowest BCUT2D eigenvalue weighted by molar-refractivity contribution is 0.0730. The summed E-state index contributed by atoms with van der Waals surface area (Å²) in [5.41, 5.74) is 2.08. The van der Waals surface area contributed by atoms with E-state index in [1.54, 1.807) is 53.9 Å². The molecule has 1 fully saturated rings. The van der Waals surface area contributed by atoms with Crippen LogP contribution in [0.4, 0.5) is 5.69 Å². The Kier molecular flexibility index (Phi) is 5.65. The van der Waals surface area contributed by atoms with Crippen LogP contribution >= 0.6 is 0 Å². The number of sulfonamides is 1. The van der Waals surface area contributed by atoms with Crippen LogP contribution in [0.5, 0.6) is 0 Å². The number of hydrogen-bond donors (Lipinski definition) is 1. The predicted octanol–water partition coefficient (Wildman–Crippen LogP) is 1.50. The fourth-order valence-electron chi connectivity index (χ4n) is 3.59. The van der Waals surface area contributed by atoms with Gasteiger partial charge in [-0.3, -0.25) is 4.79 Å². The van der Waals surface area contributed by atoms with E-state index in [-0.39, 0.29) is 10.8 Å². The summed E-state index contributed by atoms with van der Waals surface area (Å²) in [5.74, 6) is 0.134. The molecule has 0 spiro atoms. The predicted molar refractivity (Wildman–Crippen MR) is 114 cm³/mol. The average molecular weight is 445 g/mol. The van der Waals surface area contributed by atoms with Gasteiger partial charge in [-0.25, -0.2) is 17.8 Å². The topological polar surface area (TPSA) is 111 Å². The summed E-state index contributed by atoms with van der Waals surface area (Å²) >= 11 is 0. The fourth-order valence-corrected chi connectivity index (χ4v) is 5.02. The zero-order valence-corrected chi connectivity index (χ0v) is 18.4. The SMILES string of the molecule is Cc1ccc(S(=O)(=O)N2CCOCC2)cc1NC(=O)c1c(C)nn(C)c1-n1cccn1. The Morgan fingerprint density at radius 2 is 1.94 bits per heavy atom. The highest BCUT2D eigenvalue weighted by molar-refractivity contribution is 7.89. The van der Waals surface area contributed by atoms with E-state index in [1.807, 2.05) is 6.92 Å². The number of nitrogens with one attached hydrogen (secondary N) is 1. The first kappa shape index (κ1) is 21.2. The molecule has 0 bridgehead atoms. The number of rotatable bonds is 5. The summed E-state index contributed by atoms with van der Waals surface area (Å²) in [4.78, 5) is 13.3. The van der Waals surface area contributed by atoms with Crippen molar-refractivity contribution in [2.24, 2.45) is 7.05 Å². The molecule has 2 aromatic heterocycles. The summed E-state index contributed by atoms with van der Waals surface area (Å²) in [7, 11) is -1.94. The van der Waals surface area contributed by atoms with Gasteiger partial charge in [-0.2, -0.15) is 14.5 Å². The van der Waals surface area contributed by atoms with Gasteiger partial charge in [0.15, 0.2) is 5.82 Å². The monoisotopic (exact) mass is 444 g/mol. The van der Waals surface area contributed by atoms with Crippen LogP contribution < -0.4 is 5.32 Å². The number of ether oxygens (including phenoxy) is 1. The Hall–Kier alpha value is -3.02. The van der Waals surface area contributed by atoms with Gasteiger partial charge in [-0.1, -0.05) is 6.07 Å². The number of carbonyl (C=O) groups is 1. The molecule has 0 atom stereocenters. The second kappa shape index (κ2) is 8.25. The lowest BCUT2D eigenvalue weighted by atomic mass is 10.1. The van der Waals surface area contributed by atoms with E-state index in [4.69, 9.17) is 4.74 Å². The molecule has 1 amide bonds. The quantitative estimate of drug-likeness (QED) is 0.638. The van der Waals surface area contributed by atoms with E-state index in [2.05, 4.69) is 15.5 Å². The summed E-state index contributed by atoms with van der Waals surface area (Å²) in [6.45, 7) is 4.90. The first-order valence-corrected chi connectivity index (χ1v) is 11.3. The molecule has 1 saturated heterocycles. The van der Waals surface area contributed by atoms with Crippen LogP contribution in [0.15, 0.2) is 41.6 Å². The van der Waals surface area contributed by atoms with Crippen LogP contribution in [0.1, 0.15) is 21.6 Å². The van der Waals surface area contributed by atoms with Crippen molar-refractivity contribution in [2.45, 2.75) is 18.7 Å². The lowest BCUT2D eigenvalue weighted by Crippen LogP contribution is -2.40. The number of hydrogen-bond acceptors (Lipinski definition) is 6. The third kappa shape index (κ3) is 3.99. The zero-order valence-electron chi connectivity index (χ0n) is 17.6. The Bertz CT molecular complexity index is 1210. The maximum absolute atomic E-state index is 13.2. The molecule has 1 N–H and O–H groups in total. The molecule has 164 valence electrons. The van der Waals surface area contributed by atoms with Crippen molar-refractivity contribution in [3.63, 3.8) is 0 Å². The van der Waals surface area contributed by atoms with Gasteiger partial charge in [-0.05, 0) is 37.6 Å². The number of nitrogens with zero attached hydrogens (tertiary/aromatic N) is 5. The standard InChI is InChI=1S/C20H24N6O4S/c1-14-5-6-16(31(28,29)25-9-11-30-12-10-25)13-17(14)22-19(27)18-15(2)23-24(3)20(18)26-8-4-7-21-26/h4-8,13H,9-12H2,1-3H3,(H,22,27). The molecule has 0 unspecified atom stereocenters. The molecule has 1 aliphatic rings. The van der Waals surface area contributed by atoms with Gasteiger partial charge in [0.2, 0.25) is 10.0 Å². The van der Waals surface area contributed by atoms with Crippen LogP contribution in [-0.2, 0) is 21.8 Å². The molecule has 4 rings (SSSR count). The van der Waals surface area contributed by atoms with E-state index < -0.39 is 10.0 Å². The van der Waals surface area contributed by atoms with E-state index in [1.165, 1.54) is 10.4 Å². The smallest absolute Gasteiger partial charge is 0.261 e. The van der Waals surface area contributed by atoms with E-state index >= 15 is 0 Å². The molecular formula is C20H24N6O4S. The summed E-state index contributed by atoms with van der Waals surface area (Å²) in [5, 5.41) is 11.4. The Balaban J connectivity index is 1.67. The first-order valence-electron chi connectivity index (χ1n) is 9.82. The van der Waals surface area contributed by atoms with Crippen LogP contribution in [0.25, 0.3) is 5.82 Å². The number of carbonyl (C=O) groups excluding carboxylic acids is 1. The van der Waals surface area contributed by atoms with Gasteiger partial charge in [0.25, 0.3) is 5.91 Å². The van der Waals surface area contributed by atoms with E-state index in [0.717, 1.165) is 5.56 Å². The largest absolute Gasteiger partial charge is 0.379 e. The average Bonchev–Trinajstić information content (AvgIpc) is 3.37. The summed E-state index contributed by atoms with van der Waals surface area (Å²) < 4.78 is 35.8. The second-order valence-corrected chi connectivity index (χ2v) is 9.24. The number of morpholine rings is 1. The highest BCUT2D eigenvalue weighted by Gasteiger charge is 2.28. The zero-order chi connectivity index (χ0) is 22.2. The van der Waals surface area contributed by atoms with E-state index in [0.29, 0.717) is 49.1 Å². The summed E-state index contributed by atoms with van der Waals surface area (Å²) in [6, 6.07) is 6.50. The van der Waals surface area contributed by atoms with Crippen molar-refractivity contribution < 1.29 is 17.9 Å². The van der Waals surface area contributed by atoms with Gasteiger partial charge in [0.1, 0.15) is 5.56 Å². The van der Waals surface area contributed by atoms with Crippen molar-refractivity contribution in [1.29, 1.82) is 0 Å². The van der Waals surface area contributed by atoms with Gasteiger partial charge in [-0.15, -0.1) is 0 Å². The molecule has 3 heterocycles. The maximum Gasteiger partial charge on any atom is 0.261 e. The Morgan fingerprint density at radius 1 is 1.19 bits per heavy atom. The molecule has 31 heavy (non-hydrogen) atoms. The molecule has 3 aromatic rings. The van der Waals surface area contributed by atoms with E-state index in [9.17, 15) is 13.2 Å². The van der Waals surface area contributed by atoms with Gasteiger partial charge in [0, 0.05) is 38.2 Å². The fraction of sp³-hybridized carbons (Fsp3) is 0.350. The molecule has 1 aliphatic heterocycles. The van der Waals surface area contributed by atoms with Crippen molar-refractivity contribution in [3.8, 4) is 5.82 Å². The molecule has 11 heteroatoms. The van der Waals surface area contributed by atoms with Crippen LogP contribution in [0, 0.1) is 13.8 Å². The van der Waals surface area contributed by atoms with Crippen molar-refractivity contribution >= 4 is 21.6 Å². The molecule has 0 aliphatic carbocycles. The maximum atomic E-state index is 13.2. The number of amides is 1. The molecule has 1 aromatic carbocycles. The van der Waals surface area contributed by atoms with Crippen molar-refractivity contribution in [3.05, 3.63) is 53.5 Å². The van der Waals surface area contributed by atoms with Crippen molar-refractivity contribution in [2.75, 3.05) is 31.6 Å². The molecule has 10 nitrogen and oxygen atoms in total. The molecule has 0 saturated carbocycles. The highest BCUT2D eigenvalue weighted by Crippen LogP contribution is 2.25. The second-order valence-electron chi connectivity index (χ2n) is 7.31. The minimum Gasteiger partial charge on any atom is -0.379 e. The first-order chi connectivity index (χ1) is 14.8. The van der Waals surface area contributed by atoms with Crippen molar-refractivity contribution in [1.82, 2.24) is 23.9 Å². The number of aromatic nitrogens is 4. The number of aryl methyl sites for hydroxylation is 3. The minimum absolute atomic E-state index is 0.130. The van der Waals surface area contributed by atoms with Crippen LogP contribution in [-0.4, -0.2) is 64.5 Å². The normalized spacial score (nSPS) is 15.2. The molecule has 0 radical (unpaired) electrons. The van der Waals surface area contributed by atoms with Gasteiger partial charge < -0.3 is 10.1 Å². The van der Waals surface area contributed by atoms with Gasteiger partial charge in [0.05, 0.1) is 23.8 Å².